The molecular formula is C25H33N3O. The molecule has 29 heavy (non-hydrogen) atoms. The number of rotatable bonds is 6. The van der Waals surface area contributed by atoms with E-state index in [9.17, 15) is 0 Å². The molecule has 2 aromatic rings. The van der Waals surface area contributed by atoms with Crippen LogP contribution in [-0.2, 0) is 12.8 Å². The Bertz CT molecular complexity index is 784. The number of hydrogen-bond acceptors (Lipinski definition) is 4. The molecule has 0 amide bonds. The van der Waals surface area contributed by atoms with Crippen LogP contribution in [0.4, 0.5) is 5.69 Å². The van der Waals surface area contributed by atoms with E-state index in [2.05, 4.69) is 45.5 Å². The van der Waals surface area contributed by atoms with Crippen LogP contribution in [0.5, 0.6) is 5.75 Å². The molecule has 0 spiro atoms. The number of anilines is 1. The maximum atomic E-state index is 6.01. The molecule has 1 atom stereocenters. The Balaban J connectivity index is 1.11. The molecule has 1 aromatic heterocycles. The summed E-state index contributed by atoms with van der Waals surface area (Å²) in [6, 6.07) is 11.7. The first kappa shape index (κ1) is 18.9. The van der Waals surface area contributed by atoms with E-state index < -0.39 is 0 Å². The van der Waals surface area contributed by atoms with E-state index in [1.54, 1.807) is 11.1 Å². The first-order chi connectivity index (χ1) is 14.3. The van der Waals surface area contributed by atoms with Crippen LogP contribution in [0.1, 0.15) is 43.2 Å². The lowest BCUT2D eigenvalue weighted by Gasteiger charge is -2.34. The van der Waals surface area contributed by atoms with Crippen molar-refractivity contribution in [3.05, 3.63) is 53.9 Å². The summed E-state index contributed by atoms with van der Waals surface area (Å²) in [5.41, 5.74) is 4.39. The van der Waals surface area contributed by atoms with Crippen LogP contribution >= 0.6 is 0 Å². The number of ether oxygens (including phenoxy) is 1. The standard InChI is InChI=1S/C25H33N3O/c1-2-5-22-14-20(13-21(22)4-1)12-19-7-10-28(11-8-19)24-15-25(17-26-16-24)29-18-23-6-3-9-27-23/h1-2,4-5,15-17,19-20,23,27H,3,6-14,18H2/t23-/m0/s1. The van der Waals surface area contributed by atoms with E-state index >= 15 is 0 Å². The topological polar surface area (TPSA) is 37.4 Å². The monoisotopic (exact) mass is 391 g/mol. The van der Waals surface area contributed by atoms with Crippen molar-refractivity contribution in [3.63, 3.8) is 0 Å². The highest BCUT2D eigenvalue weighted by molar-refractivity contribution is 5.48. The van der Waals surface area contributed by atoms with Crippen molar-refractivity contribution < 1.29 is 4.74 Å². The van der Waals surface area contributed by atoms with Crippen LogP contribution < -0.4 is 15.0 Å². The normalized spacial score (nSPS) is 22.8. The molecule has 154 valence electrons. The van der Waals surface area contributed by atoms with E-state index in [0.717, 1.165) is 43.8 Å². The number of nitrogens with zero attached hydrogens (tertiary/aromatic N) is 2. The zero-order valence-electron chi connectivity index (χ0n) is 17.4. The molecule has 1 N–H and O–H groups in total. The first-order valence-electron chi connectivity index (χ1n) is 11.5. The third kappa shape index (κ3) is 4.58. The van der Waals surface area contributed by atoms with Gasteiger partial charge in [0.05, 0.1) is 18.1 Å². The minimum Gasteiger partial charge on any atom is -0.490 e. The number of nitrogens with one attached hydrogen (secondary N) is 1. The van der Waals surface area contributed by atoms with Gasteiger partial charge in [-0.3, -0.25) is 4.98 Å². The van der Waals surface area contributed by atoms with Gasteiger partial charge in [-0.05, 0) is 74.5 Å². The molecule has 4 nitrogen and oxygen atoms in total. The van der Waals surface area contributed by atoms with Crippen LogP contribution in [0.2, 0.25) is 0 Å². The molecule has 1 aromatic carbocycles. The second kappa shape index (κ2) is 8.74. The van der Waals surface area contributed by atoms with Gasteiger partial charge in [0.1, 0.15) is 12.4 Å². The highest BCUT2D eigenvalue weighted by Crippen LogP contribution is 2.34. The molecule has 1 aliphatic carbocycles. The fourth-order valence-corrected chi connectivity index (χ4v) is 5.47. The lowest BCUT2D eigenvalue weighted by Crippen LogP contribution is -2.34. The average Bonchev–Trinajstić information content (AvgIpc) is 3.42. The Hall–Kier alpha value is -2.07. The molecule has 2 aliphatic heterocycles. The van der Waals surface area contributed by atoms with Gasteiger partial charge in [-0.1, -0.05) is 24.3 Å². The molecular weight excluding hydrogens is 358 g/mol. The molecule has 5 rings (SSSR count). The van der Waals surface area contributed by atoms with Gasteiger partial charge < -0.3 is 15.0 Å². The van der Waals surface area contributed by atoms with Gasteiger partial charge >= 0.3 is 0 Å². The zero-order valence-corrected chi connectivity index (χ0v) is 17.4. The van der Waals surface area contributed by atoms with Gasteiger partial charge in [0.2, 0.25) is 0 Å². The van der Waals surface area contributed by atoms with Crippen molar-refractivity contribution in [1.82, 2.24) is 10.3 Å². The van der Waals surface area contributed by atoms with Crippen molar-refractivity contribution in [2.45, 2.75) is 51.0 Å². The number of fused-ring (bicyclic) bond motifs is 1. The highest BCUT2D eigenvalue weighted by atomic mass is 16.5. The highest BCUT2D eigenvalue weighted by Gasteiger charge is 2.27. The van der Waals surface area contributed by atoms with Crippen molar-refractivity contribution in [1.29, 1.82) is 0 Å². The Morgan fingerprint density at radius 1 is 1.00 bits per heavy atom. The summed E-state index contributed by atoms with van der Waals surface area (Å²) in [6.45, 7) is 4.14. The summed E-state index contributed by atoms with van der Waals surface area (Å²) in [6.07, 6.45) is 12.9. The van der Waals surface area contributed by atoms with E-state index in [1.165, 1.54) is 50.6 Å². The smallest absolute Gasteiger partial charge is 0.139 e. The predicted octanol–water partition coefficient (Wildman–Crippen LogP) is 4.23. The number of hydrogen-bond donors (Lipinski definition) is 1. The van der Waals surface area contributed by atoms with E-state index in [-0.39, 0.29) is 0 Å². The summed E-state index contributed by atoms with van der Waals surface area (Å²) >= 11 is 0. The fourth-order valence-electron chi connectivity index (χ4n) is 5.47. The third-order valence-electron chi connectivity index (χ3n) is 7.09. The van der Waals surface area contributed by atoms with E-state index in [4.69, 9.17) is 4.74 Å². The van der Waals surface area contributed by atoms with Gasteiger partial charge in [0.25, 0.3) is 0 Å². The molecule has 0 unspecified atom stereocenters. The molecule has 0 saturated carbocycles. The van der Waals surface area contributed by atoms with Gasteiger partial charge in [0, 0.05) is 25.2 Å². The lowest BCUT2D eigenvalue weighted by molar-refractivity contribution is 0.276. The van der Waals surface area contributed by atoms with Gasteiger partial charge in [-0.25, -0.2) is 0 Å². The number of aromatic nitrogens is 1. The van der Waals surface area contributed by atoms with Crippen LogP contribution in [0.3, 0.4) is 0 Å². The predicted molar refractivity (Wildman–Crippen MR) is 118 cm³/mol. The van der Waals surface area contributed by atoms with Crippen LogP contribution in [-0.4, -0.2) is 37.3 Å². The molecule has 4 heteroatoms. The Kier molecular flexibility index (Phi) is 5.71. The third-order valence-corrected chi connectivity index (χ3v) is 7.09. The summed E-state index contributed by atoms with van der Waals surface area (Å²) in [4.78, 5) is 6.94. The minimum absolute atomic E-state index is 0.496. The Labute approximate surface area is 174 Å². The largest absolute Gasteiger partial charge is 0.490 e. The van der Waals surface area contributed by atoms with Crippen molar-refractivity contribution in [2.75, 3.05) is 31.1 Å². The van der Waals surface area contributed by atoms with E-state index in [1.807, 2.05) is 12.4 Å². The molecule has 3 aliphatic rings. The van der Waals surface area contributed by atoms with Gasteiger partial charge in [-0.15, -0.1) is 0 Å². The fraction of sp³-hybridized carbons (Fsp3) is 0.560. The molecule has 2 fully saturated rings. The second-order valence-corrected chi connectivity index (χ2v) is 9.19. The molecule has 0 bridgehead atoms. The van der Waals surface area contributed by atoms with Crippen LogP contribution in [0.15, 0.2) is 42.7 Å². The second-order valence-electron chi connectivity index (χ2n) is 9.19. The Morgan fingerprint density at radius 3 is 2.52 bits per heavy atom. The van der Waals surface area contributed by atoms with Crippen molar-refractivity contribution in [3.8, 4) is 5.75 Å². The van der Waals surface area contributed by atoms with E-state index in [0.29, 0.717) is 6.04 Å². The number of pyridine rings is 1. The lowest BCUT2D eigenvalue weighted by atomic mass is 9.86. The van der Waals surface area contributed by atoms with Gasteiger partial charge in [0.15, 0.2) is 0 Å². The molecule has 3 heterocycles. The van der Waals surface area contributed by atoms with Crippen LogP contribution in [0.25, 0.3) is 0 Å². The maximum Gasteiger partial charge on any atom is 0.139 e. The van der Waals surface area contributed by atoms with Gasteiger partial charge in [-0.2, -0.15) is 0 Å². The van der Waals surface area contributed by atoms with Crippen LogP contribution in [0, 0.1) is 11.8 Å². The summed E-state index contributed by atoms with van der Waals surface area (Å²) in [7, 11) is 0. The summed E-state index contributed by atoms with van der Waals surface area (Å²) in [5.74, 6) is 2.62. The minimum atomic E-state index is 0.496. The Morgan fingerprint density at radius 2 is 1.79 bits per heavy atom. The molecule has 2 saturated heterocycles. The van der Waals surface area contributed by atoms with Crippen molar-refractivity contribution >= 4 is 5.69 Å². The number of piperidine rings is 1. The maximum absolute atomic E-state index is 6.01. The number of benzene rings is 1. The summed E-state index contributed by atoms with van der Waals surface area (Å²) in [5, 5.41) is 3.49. The molecule has 0 radical (unpaired) electrons. The van der Waals surface area contributed by atoms with Crippen molar-refractivity contribution in [2.24, 2.45) is 11.8 Å². The summed E-state index contributed by atoms with van der Waals surface area (Å²) < 4.78 is 6.01. The average molecular weight is 392 g/mol. The SMILES string of the molecule is c1ccc2c(c1)CC(CC1CCN(c3cncc(OC[C@@H]4CCCN4)c3)CC1)C2. The quantitative estimate of drug-likeness (QED) is 0.799. The zero-order chi connectivity index (χ0) is 19.5. The first-order valence-corrected chi connectivity index (χ1v) is 11.5.